The van der Waals surface area contributed by atoms with E-state index in [4.69, 9.17) is 25.5 Å². The molecule has 4 aromatic rings. The normalized spacial score (nSPS) is 14.9. The Bertz CT molecular complexity index is 1600. The number of benzene rings is 3. The smallest absolute Gasteiger partial charge is 0.291 e. The Morgan fingerprint density at radius 2 is 1.79 bits per heavy atom. The maximum atomic E-state index is 13.9. The molecule has 0 N–H and O–H groups in total. The van der Waals surface area contributed by atoms with Gasteiger partial charge in [0.2, 0.25) is 5.76 Å². The molecule has 3 aromatic carbocycles. The molecular formula is C30H27ClFNO5. The summed E-state index contributed by atoms with van der Waals surface area (Å²) in [4.78, 5) is 29.1. The van der Waals surface area contributed by atoms with Gasteiger partial charge in [-0.15, -0.1) is 0 Å². The Kier molecular flexibility index (Phi) is 6.88. The summed E-state index contributed by atoms with van der Waals surface area (Å²) in [6, 6.07) is 13.7. The first-order chi connectivity index (χ1) is 18.2. The zero-order valence-corrected chi connectivity index (χ0v) is 22.3. The molecule has 0 spiro atoms. The molecule has 196 valence electrons. The van der Waals surface area contributed by atoms with Crippen LogP contribution >= 0.6 is 11.6 Å². The maximum absolute atomic E-state index is 13.9. The van der Waals surface area contributed by atoms with Gasteiger partial charge >= 0.3 is 0 Å². The number of aryl methyl sites for hydroxylation is 1. The number of fused-ring (bicyclic) bond motifs is 2. The van der Waals surface area contributed by atoms with Crippen LogP contribution < -0.4 is 14.9 Å². The van der Waals surface area contributed by atoms with Gasteiger partial charge in [0.15, 0.2) is 16.9 Å². The molecule has 38 heavy (non-hydrogen) atoms. The van der Waals surface area contributed by atoms with Crippen molar-refractivity contribution in [3.05, 3.63) is 104 Å². The lowest BCUT2D eigenvalue weighted by Crippen LogP contribution is -2.29. The predicted octanol–water partition coefficient (Wildman–Crippen LogP) is 6.68. The molecule has 1 unspecified atom stereocenters. The van der Waals surface area contributed by atoms with E-state index in [1.165, 1.54) is 19.2 Å². The van der Waals surface area contributed by atoms with Crippen LogP contribution in [-0.2, 0) is 6.54 Å². The van der Waals surface area contributed by atoms with E-state index in [9.17, 15) is 14.0 Å². The Morgan fingerprint density at radius 1 is 1.05 bits per heavy atom. The van der Waals surface area contributed by atoms with Gasteiger partial charge in [-0.05, 0) is 65.9 Å². The van der Waals surface area contributed by atoms with Crippen LogP contribution in [0.2, 0.25) is 5.02 Å². The second-order valence-electron chi connectivity index (χ2n) is 9.85. The molecule has 0 saturated carbocycles. The minimum atomic E-state index is -0.767. The van der Waals surface area contributed by atoms with Gasteiger partial charge in [-0.25, -0.2) is 4.39 Å². The van der Waals surface area contributed by atoms with E-state index >= 15 is 0 Å². The highest BCUT2D eigenvalue weighted by Crippen LogP contribution is 2.42. The van der Waals surface area contributed by atoms with Gasteiger partial charge in [0.1, 0.15) is 11.4 Å². The van der Waals surface area contributed by atoms with Gasteiger partial charge in [0, 0.05) is 11.6 Å². The number of hydrogen-bond donors (Lipinski definition) is 0. The van der Waals surface area contributed by atoms with Gasteiger partial charge in [0.25, 0.3) is 5.91 Å². The summed E-state index contributed by atoms with van der Waals surface area (Å²) in [5.41, 5.74) is 2.27. The summed E-state index contributed by atoms with van der Waals surface area (Å²) in [6.07, 6.45) is 0. The zero-order valence-electron chi connectivity index (χ0n) is 21.5. The van der Waals surface area contributed by atoms with Crippen LogP contribution in [0.15, 0.2) is 63.8 Å². The average molecular weight is 536 g/mol. The first kappa shape index (κ1) is 25.8. The number of halogens is 2. The van der Waals surface area contributed by atoms with Crippen molar-refractivity contribution in [1.82, 2.24) is 4.90 Å². The van der Waals surface area contributed by atoms with Crippen LogP contribution in [0.3, 0.4) is 0 Å². The lowest BCUT2D eigenvalue weighted by Gasteiger charge is -2.26. The SMILES string of the molecule is COc1cc(C2c3c(oc4cc(C)c(Cl)cc4c3=O)C(=O)N2Cc2ccc(F)cc2)ccc1OCC(C)C. The van der Waals surface area contributed by atoms with Crippen LogP contribution in [0.25, 0.3) is 11.0 Å². The van der Waals surface area contributed by atoms with Crippen molar-refractivity contribution in [1.29, 1.82) is 0 Å². The van der Waals surface area contributed by atoms with E-state index in [1.807, 2.05) is 19.9 Å². The van der Waals surface area contributed by atoms with Crippen molar-refractivity contribution in [3.8, 4) is 11.5 Å². The van der Waals surface area contributed by atoms with E-state index < -0.39 is 11.9 Å². The lowest BCUT2D eigenvalue weighted by atomic mass is 9.97. The molecular weight excluding hydrogens is 509 g/mol. The number of nitrogens with zero attached hydrogens (tertiary/aromatic N) is 1. The van der Waals surface area contributed by atoms with Gasteiger partial charge in [-0.2, -0.15) is 0 Å². The summed E-state index contributed by atoms with van der Waals surface area (Å²) < 4.78 is 31.1. The molecule has 0 radical (unpaired) electrons. The topological polar surface area (TPSA) is 69.0 Å². The number of carbonyl (C=O) groups excluding carboxylic acids is 1. The van der Waals surface area contributed by atoms with Crippen LogP contribution in [0, 0.1) is 18.7 Å². The van der Waals surface area contributed by atoms with Crippen LogP contribution in [0.5, 0.6) is 11.5 Å². The maximum Gasteiger partial charge on any atom is 0.291 e. The molecule has 2 heterocycles. The summed E-state index contributed by atoms with van der Waals surface area (Å²) in [6.45, 7) is 6.54. The quantitative estimate of drug-likeness (QED) is 0.264. The van der Waals surface area contributed by atoms with E-state index in [0.29, 0.717) is 51.1 Å². The van der Waals surface area contributed by atoms with Crippen molar-refractivity contribution in [2.45, 2.75) is 33.4 Å². The Hall–Kier alpha value is -3.84. The molecule has 1 aliphatic rings. The largest absolute Gasteiger partial charge is 0.493 e. The van der Waals surface area contributed by atoms with Crippen LogP contribution in [-0.4, -0.2) is 24.5 Å². The summed E-state index contributed by atoms with van der Waals surface area (Å²) in [5, 5.41) is 0.728. The highest BCUT2D eigenvalue weighted by atomic mass is 35.5. The highest BCUT2D eigenvalue weighted by molar-refractivity contribution is 6.32. The van der Waals surface area contributed by atoms with Gasteiger partial charge in [-0.1, -0.05) is 43.6 Å². The van der Waals surface area contributed by atoms with Gasteiger partial charge in [0.05, 0.1) is 30.7 Å². The number of ether oxygens (including phenoxy) is 2. The molecule has 0 aliphatic carbocycles. The summed E-state index contributed by atoms with van der Waals surface area (Å²) >= 11 is 6.33. The fourth-order valence-electron chi connectivity index (χ4n) is 4.67. The molecule has 6 nitrogen and oxygen atoms in total. The molecule has 8 heteroatoms. The Balaban J connectivity index is 1.68. The number of amides is 1. The first-order valence-electron chi connectivity index (χ1n) is 12.3. The highest BCUT2D eigenvalue weighted by Gasteiger charge is 2.43. The number of hydrogen-bond acceptors (Lipinski definition) is 5. The third-order valence-electron chi connectivity index (χ3n) is 6.59. The monoisotopic (exact) mass is 535 g/mol. The second kappa shape index (κ2) is 10.1. The van der Waals surface area contributed by atoms with Crippen molar-refractivity contribution in [2.24, 2.45) is 5.92 Å². The summed E-state index contributed by atoms with van der Waals surface area (Å²) in [7, 11) is 1.54. The molecule has 0 bridgehead atoms. The molecule has 0 saturated heterocycles. The van der Waals surface area contributed by atoms with Crippen molar-refractivity contribution >= 4 is 28.5 Å². The molecule has 1 atom stereocenters. The lowest BCUT2D eigenvalue weighted by molar-refractivity contribution is 0.0714. The standard InChI is InChI=1S/C30H27ClFNO5/c1-16(2)15-37-23-10-7-19(12-25(23)36-4)27-26-28(34)21-13-22(31)17(3)11-24(21)38-29(26)30(35)33(27)14-18-5-8-20(32)9-6-18/h5-13,16,27H,14-15H2,1-4H3. The predicted molar refractivity (Wildman–Crippen MR) is 144 cm³/mol. The minimum absolute atomic E-state index is 0.0181. The third kappa shape index (κ3) is 4.63. The number of rotatable bonds is 7. The molecule has 1 aliphatic heterocycles. The van der Waals surface area contributed by atoms with Gasteiger partial charge < -0.3 is 18.8 Å². The van der Waals surface area contributed by atoms with E-state index in [1.54, 1.807) is 48.2 Å². The van der Waals surface area contributed by atoms with Crippen LogP contribution in [0.1, 0.15) is 52.7 Å². The number of methoxy groups -OCH3 is 1. The summed E-state index contributed by atoms with van der Waals surface area (Å²) in [5.74, 6) is 0.536. The van der Waals surface area contributed by atoms with Crippen molar-refractivity contribution in [2.75, 3.05) is 13.7 Å². The molecule has 0 fully saturated rings. The second-order valence-corrected chi connectivity index (χ2v) is 10.3. The first-order valence-corrected chi connectivity index (χ1v) is 12.7. The molecule has 5 rings (SSSR count). The van der Waals surface area contributed by atoms with Crippen LogP contribution in [0.4, 0.5) is 4.39 Å². The zero-order chi connectivity index (χ0) is 27.1. The fourth-order valence-corrected chi connectivity index (χ4v) is 4.83. The van der Waals surface area contributed by atoms with Crippen molar-refractivity contribution < 1.29 is 23.1 Å². The van der Waals surface area contributed by atoms with Gasteiger partial charge in [-0.3, -0.25) is 9.59 Å². The van der Waals surface area contributed by atoms with E-state index in [2.05, 4.69) is 0 Å². The Morgan fingerprint density at radius 3 is 2.47 bits per heavy atom. The van der Waals surface area contributed by atoms with E-state index in [0.717, 1.165) is 5.56 Å². The fraction of sp³-hybridized carbons (Fsp3) is 0.267. The molecule has 1 aromatic heterocycles. The third-order valence-corrected chi connectivity index (χ3v) is 7.00. The Labute approximate surface area is 224 Å². The molecule has 1 amide bonds. The van der Waals surface area contributed by atoms with Crippen molar-refractivity contribution in [3.63, 3.8) is 0 Å². The number of carbonyl (C=O) groups is 1. The van der Waals surface area contributed by atoms with E-state index in [-0.39, 0.29) is 29.1 Å². The average Bonchev–Trinajstić information content (AvgIpc) is 3.16. The minimum Gasteiger partial charge on any atom is -0.493 e.